The van der Waals surface area contributed by atoms with Gasteiger partial charge in [0.15, 0.2) is 11.6 Å². The molecule has 8 atom stereocenters. The zero-order valence-electron chi connectivity index (χ0n) is 21.9. The van der Waals surface area contributed by atoms with Crippen molar-refractivity contribution in [3.05, 3.63) is 70.3 Å². The van der Waals surface area contributed by atoms with Crippen molar-refractivity contribution >= 4 is 17.5 Å². The molecule has 2 bridgehead atoms. The second kappa shape index (κ2) is 8.31. The Kier molecular flexibility index (Phi) is 5.29. The van der Waals surface area contributed by atoms with Crippen LogP contribution in [0.2, 0.25) is 0 Å². The molecular formula is C31H32O7. The highest BCUT2D eigenvalue weighted by Crippen LogP contribution is 2.61. The van der Waals surface area contributed by atoms with Gasteiger partial charge in [0.05, 0.1) is 11.7 Å². The first kappa shape index (κ1) is 24.2. The molecule has 5 unspecified atom stereocenters. The lowest BCUT2D eigenvalue weighted by Gasteiger charge is -2.60. The van der Waals surface area contributed by atoms with Crippen LogP contribution in [-0.2, 0) is 19.2 Å². The van der Waals surface area contributed by atoms with E-state index in [9.17, 15) is 14.4 Å². The van der Waals surface area contributed by atoms with Crippen LogP contribution >= 0.6 is 0 Å². The van der Waals surface area contributed by atoms with E-state index in [1.807, 2.05) is 0 Å². The third-order valence-corrected chi connectivity index (χ3v) is 10.0. The number of carbonyl (C=O) groups excluding carboxylic acids is 3. The number of ether oxygens (including phenoxy) is 2. The summed E-state index contributed by atoms with van der Waals surface area (Å²) in [7, 11) is 0. The first-order chi connectivity index (χ1) is 18.2. The second-order valence-electron chi connectivity index (χ2n) is 12.2. The van der Waals surface area contributed by atoms with Crippen LogP contribution in [0, 0.1) is 23.7 Å². The maximum absolute atomic E-state index is 13.4. The predicted octanol–water partition coefficient (Wildman–Crippen LogP) is 5.29. The lowest BCUT2D eigenvalue weighted by atomic mass is 9.56. The Morgan fingerprint density at radius 2 is 1.61 bits per heavy atom. The number of esters is 1. The van der Waals surface area contributed by atoms with Gasteiger partial charge in [-0.1, -0.05) is 38.1 Å². The zero-order valence-corrected chi connectivity index (χ0v) is 21.9. The Hall–Kier alpha value is -2.87. The molecule has 2 aromatic carbocycles. The molecule has 38 heavy (non-hydrogen) atoms. The maximum Gasteiger partial charge on any atom is 0.340 e. The fourth-order valence-electron chi connectivity index (χ4n) is 7.96. The van der Waals surface area contributed by atoms with Gasteiger partial charge >= 0.3 is 5.97 Å². The molecule has 6 aliphatic rings. The van der Waals surface area contributed by atoms with Gasteiger partial charge < -0.3 is 9.47 Å². The molecule has 198 valence electrons. The molecular weight excluding hydrogens is 484 g/mol. The molecule has 3 saturated heterocycles. The van der Waals surface area contributed by atoms with Crippen LogP contribution in [0.15, 0.2) is 42.5 Å². The van der Waals surface area contributed by atoms with Crippen molar-refractivity contribution in [2.45, 2.75) is 76.5 Å². The van der Waals surface area contributed by atoms with Gasteiger partial charge in [0.1, 0.15) is 11.2 Å². The Labute approximate surface area is 221 Å². The molecule has 3 aliphatic carbocycles. The lowest BCUT2D eigenvalue weighted by molar-refractivity contribution is -0.494. The molecule has 7 nitrogen and oxygen atoms in total. The molecule has 1 spiro atoms. The van der Waals surface area contributed by atoms with Crippen LogP contribution in [0.5, 0.6) is 0 Å². The van der Waals surface area contributed by atoms with Crippen LogP contribution in [0.1, 0.15) is 95.1 Å². The molecule has 3 aliphatic heterocycles. The third-order valence-electron chi connectivity index (χ3n) is 10.0. The van der Waals surface area contributed by atoms with Crippen molar-refractivity contribution in [2.75, 3.05) is 0 Å². The van der Waals surface area contributed by atoms with E-state index in [2.05, 4.69) is 20.8 Å². The van der Waals surface area contributed by atoms with Gasteiger partial charge in [0.25, 0.3) is 0 Å². The summed E-state index contributed by atoms with van der Waals surface area (Å²) in [5.74, 6) is -0.162. The number of rotatable bonds is 2. The van der Waals surface area contributed by atoms with Crippen molar-refractivity contribution in [3.8, 4) is 0 Å². The van der Waals surface area contributed by atoms with Gasteiger partial charge in [-0.3, -0.25) is 9.59 Å². The fraction of sp³-hybridized carbons (Fsp3) is 0.516. The monoisotopic (exact) mass is 516 g/mol. The summed E-state index contributed by atoms with van der Waals surface area (Å²) in [6.45, 7) is 6.44. The van der Waals surface area contributed by atoms with E-state index < -0.39 is 23.5 Å². The Morgan fingerprint density at radius 3 is 2.37 bits per heavy atom. The number of hydrogen-bond donors (Lipinski definition) is 0. The number of benzene rings is 2. The molecule has 0 N–H and O–H groups in total. The quantitative estimate of drug-likeness (QED) is 0.338. The van der Waals surface area contributed by atoms with Gasteiger partial charge in [-0.15, -0.1) is 0 Å². The van der Waals surface area contributed by atoms with Gasteiger partial charge in [-0.25, -0.2) is 14.6 Å². The lowest BCUT2D eigenvalue weighted by Crippen LogP contribution is -2.69. The molecule has 0 amide bonds. The van der Waals surface area contributed by atoms with Crippen molar-refractivity contribution in [3.63, 3.8) is 0 Å². The molecule has 2 aromatic rings. The van der Waals surface area contributed by atoms with E-state index in [0.29, 0.717) is 34.9 Å². The summed E-state index contributed by atoms with van der Waals surface area (Å²) in [6.07, 6.45) is 3.74. The van der Waals surface area contributed by atoms with Gasteiger partial charge in [-0.2, -0.15) is 0 Å². The maximum atomic E-state index is 13.4. The van der Waals surface area contributed by atoms with Gasteiger partial charge in [0, 0.05) is 40.5 Å². The molecule has 5 fully saturated rings. The number of fused-ring (bicyclic) bond motifs is 4. The Morgan fingerprint density at radius 1 is 0.895 bits per heavy atom. The topological polar surface area (TPSA) is 88.1 Å². The van der Waals surface area contributed by atoms with E-state index in [0.717, 1.165) is 25.7 Å². The van der Waals surface area contributed by atoms with Crippen molar-refractivity contribution in [1.29, 1.82) is 0 Å². The predicted molar refractivity (Wildman–Crippen MR) is 136 cm³/mol. The molecule has 0 radical (unpaired) electrons. The summed E-state index contributed by atoms with van der Waals surface area (Å²) >= 11 is 0. The highest BCUT2D eigenvalue weighted by atomic mass is 17.2. The normalized spacial score (nSPS) is 39.0. The second-order valence-corrected chi connectivity index (χ2v) is 12.2. The first-order valence-corrected chi connectivity index (χ1v) is 13.8. The van der Waals surface area contributed by atoms with Gasteiger partial charge in [0.2, 0.25) is 6.29 Å². The van der Waals surface area contributed by atoms with E-state index in [1.54, 1.807) is 36.4 Å². The average Bonchev–Trinajstić information content (AvgIpc) is 3.15. The molecule has 8 rings (SSSR count). The average molecular weight is 517 g/mol. The van der Waals surface area contributed by atoms with Crippen molar-refractivity contribution in [1.82, 2.24) is 0 Å². The van der Waals surface area contributed by atoms with E-state index in [4.69, 9.17) is 19.2 Å². The molecule has 2 saturated carbocycles. The van der Waals surface area contributed by atoms with Crippen molar-refractivity contribution in [2.24, 2.45) is 23.7 Å². The van der Waals surface area contributed by atoms with Crippen LogP contribution in [0.4, 0.5) is 0 Å². The van der Waals surface area contributed by atoms with Crippen LogP contribution in [0.25, 0.3) is 0 Å². The molecule has 7 heteroatoms. The number of carbonyl (C=O) groups is 3. The summed E-state index contributed by atoms with van der Waals surface area (Å²) < 4.78 is 12.6. The number of ketones is 2. The smallest absolute Gasteiger partial charge is 0.340 e. The minimum atomic E-state index is -0.738. The zero-order chi connectivity index (χ0) is 26.4. The summed E-state index contributed by atoms with van der Waals surface area (Å²) in [6, 6.07) is 11.3. The summed E-state index contributed by atoms with van der Waals surface area (Å²) in [5.41, 5.74) is 0.544. The van der Waals surface area contributed by atoms with Crippen molar-refractivity contribution < 1.29 is 33.6 Å². The highest BCUT2D eigenvalue weighted by molar-refractivity contribution is 6.28. The Bertz CT molecular complexity index is 1370. The SMILES string of the molecule is CC1C(OC(=O)c2ccc3c(c2)C(=O)c2ccccc2C3=O)OC2C[C@]3(C)CCC4[C@H](C)CCC1[C@@]24OO3. The van der Waals surface area contributed by atoms with Crippen LogP contribution in [-0.4, -0.2) is 41.1 Å². The minimum Gasteiger partial charge on any atom is -0.432 e. The largest absolute Gasteiger partial charge is 0.432 e. The summed E-state index contributed by atoms with van der Waals surface area (Å²) in [4.78, 5) is 51.8. The van der Waals surface area contributed by atoms with Crippen LogP contribution < -0.4 is 0 Å². The first-order valence-electron chi connectivity index (χ1n) is 13.8. The third kappa shape index (κ3) is 3.28. The fourth-order valence-corrected chi connectivity index (χ4v) is 7.96. The standard InChI is InChI=1S/C31H32O7/c1-16-8-11-24-17(2)29(35-25-15-30(3)13-12-23(16)31(24,25)38-37-30)36-28(34)18-9-10-21-22(14-18)27(33)20-7-5-4-6-19(20)26(21)32/h4-7,9-10,14,16-17,23-25,29H,8,11-13,15H2,1-3H3/t16-,17?,23?,24?,25?,29?,30+,31-/m1/s1. The highest BCUT2D eigenvalue weighted by Gasteiger charge is 2.68. The Balaban J connectivity index is 1.17. The van der Waals surface area contributed by atoms with Gasteiger partial charge in [-0.05, 0) is 62.6 Å². The van der Waals surface area contributed by atoms with Crippen LogP contribution in [0.3, 0.4) is 0 Å². The number of hydrogen-bond acceptors (Lipinski definition) is 7. The molecule has 3 heterocycles. The van der Waals surface area contributed by atoms with E-state index in [1.165, 1.54) is 6.07 Å². The summed E-state index contributed by atoms with van der Waals surface area (Å²) in [5, 5.41) is 0. The molecule has 0 aromatic heterocycles. The minimum absolute atomic E-state index is 0.0935. The van der Waals surface area contributed by atoms with E-state index in [-0.39, 0.29) is 40.6 Å². The van der Waals surface area contributed by atoms with E-state index >= 15 is 0 Å².